The van der Waals surface area contributed by atoms with E-state index < -0.39 is 0 Å². The van der Waals surface area contributed by atoms with Crippen LogP contribution in [0.25, 0.3) is 0 Å². The number of carbonyl (C=O) groups is 1. The normalized spacial score (nSPS) is 9.93. The summed E-state index contributed by atoms with van der Waals surface area (Å²) in [6, 6.07) is 6.48. The van der Waals surface area contributed by atoms with Gasteiger partial charge in [0.25, 0.3) is 5.91 Å². The van der Waals surface area contributed by atoms with Crippen molar-refractivity contribution in [3.63, 3.8) is 0 Å². The summed E-state index contributed by atoms with van der Waals surface area (Å²) >= 11 is 5.65. The molecule has 1 N–H and O–H groups in total. The van der Waals surface area contributed by atoms with Crippen LogP contribution in [0.1, 0.15) is 10.6 Å². The standard InChI is InChI=1S/C10H7ClN2O2/c11-7-3-4-9(12-6-7)13-10(14)8-2-1-5-15-8/h1-6H,(H,12,13,14). The van der Waals surface area contributed by atoms with Crippen LogP contribution in [0.2, 0.25) is 5.02 Å². The Kier molecular flexibility index (Phi) is 2.69. The van der Waals surface area contributed by atoms with E-state index in [0.717, 1.165) is 0 Å². The Morgan fingerprint density at radius 2 is 2.27 bits per heavy atom. The number of aromatic nitrogens is 1. The van der Waals surface area contributed by atoms with Gasteiger partial charge in [-0.15, -0.1) is 0 Å². The van der Waals surface area contributed by atoms with E-state index in [2.05, 4.69) is 10.3 Å². The minimum atomic E-state index is -0.338. The van der Waals surface area contributed by atoms with Crippen molar-refractivity contribution in [1.82, 2.24) is 4.98 Å². The van der Waals surface area contributed by atoms with Gasteiger partial charge in [-0.25, -0.2) is 4.98 Å². The number of anilines is 1. The SMILES string of the molecule is O=C(Nc1ccc(Cl)cn1)c1ccco1. The molecule has 0 saturated carbocycles. The van der Waals surface area contributed by atoms with Gasteiger partial charge in [-0.1, -0.05) is 11.6 Å². The monoisotopic (exact) mass is 222 g/mol. The third-order valence-corrected chi connectivity index (χ3v) is 1.94. The number of amides is 1. The lowest BCUT2D eigenvalue weighted by Gasteiger charge is -2.01. The maximum Gasteiger partial charge on any atom is 0.292 e. The molecule has 1 amide bonds. The van der Waals surface area contributed by atoms with Gasteiger partial charge in [0.1, 0.15) is 5.82 Å². The summed E-state index contributed by atoms with van der Waals surface area (Å²) in [6.45, 7) is 0. The molecule has 0 fully saturated rings. The molecule has 0 radical (unpaired) electrons. The molecule has 0 aliphatic heterocycles. The topological polar surface area (TPSA) is 55.1 Å². The Morgan fingerprint density at radius 3 is 2.87 bits per heavy atom. The fourth-order valence-corrected chi connectivity index (χ4v) is 1.15. The van der Waals surface area contributed by atoms with Crippen molar-refractivity contribution in [2.24, 2.45) is 0 Å². The molecule has 0 atom stereocenters. The number of nitrogens with zero attached hydrogens (tertiary/aromatic N) is 1. The van der Waals surface area contributed by atoms with Crippen LogP contribution in [0.4, 0.5) is 5.82 Å². The van der Waals surface area contributed by atoms with E-state index >= 15 is 0 Å². The minimum Gasteiger partial charge on any atom is -0.459 e. The summed E-state index contributed by atoms with van der Waals surface area (Å²) in [4.78, 5) is 15.4. The molecule has 76 valence electrons. The van der Waals surface area contributed by atoms with Gasteiger partial charge in [-0.2, -0.15) is 0 Å². The van der Waals surface area contributed by atoms with E-state index in [1.165, 1.54) is 12.5 Å². The Labute approximate surface area is 90.9 Å². The second-order valence-electron chi connectivity index (χ2n) is 2.79. The van der Waals surface area contributed by atoms with Crippen LogP contribution in [-0.2, 0) is 0 Å². The van der Waals surface area contributed by atoms with E-state index in [4.69, 9.17) is 16.0 Å². The molecule has 0 aromatic carbocycles. The Bertz CT molecular complexity index is 451. The van der Waals surface area contributed by atoms with Crippen LogP contribution in [0.15, 0.2) is 41.1 Å². The fraction of sp³-hybridized carbons (Fsp3) is 0. The first kappa shape index (κ1) is 9.73. The molecule has 4 nitrogen and oxygen atoms in total. The molecule has 0 unspecified atom stereocenters. The summed E-state index contributed by atoms with van der Waals surface area (Å²) in [5.74, 6) is 0.336. The molecule has 2 aromatic rings. The first-order valence-corrected chi connectivity index (χ1v) is 4.60. The largest absolute Gasteiger partial charge is 0.459 e. The van der Waals surface area contributed by atoms with Crippen LogP contribution >= 0.6 is 11.6 Å². The molecule has 0 aliphatic carbocycles. The average Bonchev–Trinajstić information content (AvgIpc) is 2.74. The third kappa shape index (κ3) is 2.35. The Balaban J connectivity index is 2.09. The van der Waals surface area contributed by atoms with Gasteiger partial charge in [-0.05, 0) is 24.3 Å². The lowest BCUT2D eigenvalue weighted by atomic mass is 10.4. The van der Waals surface area contributed by atoms with Gasteiger partial charge in [0.05, 0.1) is 11.3 Å². The molecule has 5 heteroatoms. The minimum absolute atomic E-state index is 0.242. The summed E-state index contributed by atoms with van der Waals surface area (Å²) in [6.07, 6.45) is 2.89. The predicted octanol–water partition coefficient (Wildman–Crippen LogP) is 2.58. The van der Waals surface area contributed by atoms with E-state index in [-0.39, 0.29) is 11.7 Å². The molecule has 15 heavy (non-hydrogen) atoms. The fourth-order valence-electron chi connectivity index (χ4n) is 1.04. The zero-order valence-electron chi connectivity index (χ0n) is 7.61. The number of carbonyl (C=O) groups excluding carboxylic acids is 1. The summed E-state index contributed by atoms with van der Waals surface area (Å²) in [7, 11) is 0. The first-order chi connectivity index (χ1) is 7.25. The molecule has 0 bridgehead atoms. The highest BCUT2D eigenvalue weighted by Crippen LogP contribution is 2.11. The van der Waals surface area contributed by atoms with Gasteiger partial charge in [0.15, 0.2) is 5.76 Å². The maximum atomic E-state index is 11.5. The first-order valence-electron chi connectivity index (χ1n) is 4.22. The number of furan rings is 1. The van der Waals surface area contributed by atoms with Crippen molar-refractivity contribution in [3.8, 4) is 0 Å². The number of pyridine rings is 1. The van der Waals surface area contributed by atoms with Gasteiger partial charge < -0.3 is 9.73 Å². The van der Waals surface area contributed by atoms with Gasteiger partial charge in [0, 0.05) is 6.20 Å². The zero-order valence-corrected chi connectivity index (χ0v) is 8.36. The van der Waals surface area contributed by atoms with Crippen LogP contribution < -0.4 is 5.32 Å². The average molecular weight is 223 g/mol. The molecule has 0 saturated heterocycles. The Morgan fingerprint density at radius 1 is 1.40 bits per heavy atom. The molecule has 0 spiro atoms. The van der Waals surface area contributed by atoms with Crippen molar-refractivity contribution < 1.29 is 9.21 Å². The van der Waals surface area contributed by atoms with Gasteiger partial charge >= 0.3 is 0 Å². The smallest absolute Gasteiger partial charge is 0.292 e. The van der Waals surface area contributed by atoms with E-state index in [1.807, 2.05) is 0 Å². The van der Waals surface area contributed by atoms with Crippen molar-refractivity contribution in [2.45, 2.75) is 0 Å². The molecular formula is C10H7ClN2O2. The lowest BCUT2D eigenvalue weighted by Crippen LogP contribution is -2.11. The van der Waals surface area contributed by atoms with E-state index in [0.29, 0.717) is 10.8 Å². The van der Waals surface area contributed by atoms with Crippen molar-refractivity contribution in [1.29, 1.82) is 0 Å². The third-order valence-electron chi connectivity index (χ3n) is 1.71. The molecule has 0 aliphatic rings. The van der Waals surface area contributed by atoms with E-state index in [9.17, 15) is 4.79 Å². The second kappa shape index (κ2) is 4.14. The molecule has 2 aromatic heterocycles. The Hall–Kier alpha value is -1.81. The zero-order chi connectivity index (χ0) is 10.7. The van der Waals surface area contributed by atoms with Gasteiger partial charge in [0.2, 0.25) is 0 Å². The quantitative estimate of drug-likeness (QED) is 0.850. The molecule has 2 heterocycles. The predicted molar refractivity (Wildman–Crippen MR) is 55.9 cm³/mol. The molecule has 2 rings (SSSR count). The number of nitrogens with one attached hydrogen (secondary N) is 1. The maximum absolute atomic E-state index is 11.5. The summed E-state index contributed by atoms with van der Waals surface area (Å²) < 4.78 is 4.93. The van der Waals surface area contributed by atoms with E-state index in [1.54, 1.807) is 24.3 Å². The van der Waals surface area contributed by atoms with Crippen molar-refractivity contribution in [3.05, 3.63) is 47.5 Å². The van der Waals surface area contributed by atoms with Crippen molar-refractivity contribution in [2.75, 3.05) is 5.32 Å². The van der Waals surface area contributed by atoms with Gasteiger partial charge in [-0.3, -0.25) is 4.79 Å². The second-order valence-corrected chi connectivity index (χ2v) is 3.23. The highest BCUT2D eigenvalue weighted by molar-refractivity contribution is 6.30. The van der Waals surface area contributed by atoms with Crippen LogP contribution in [0.5, 0.6) is 0 Å². The number of hydrogen-bond donors (Lipinski definition) is 1. The summed E-state index contributed by atoms with van der Waals surface area (Å²) in [5.41, 5.74) is 0. The van der Waals surface area contributed by atoms with Crippen molar-refractivity contribution >= 4 is 23.3 Å². The lowest BCUT2D eigenvalue weighted by molar-refractivity contribution is 0.0996. The number of rotatable bonds is 2. The summed E-state index contributed by atoms with van der Waals surface area (Å²) in [5, 5.41) is 3.09. The van der Waals surface area contributed by atoms with Crippen LogP contribution in [0.3, 0.4) is 0 Å². The highest BCUT2D eigenvalue weighted by atomic mass is 35.5. The highest BCUT2D eigenvalue weighted by Gasteiger charge is 2.08. The number of hydrogen-bond acceptors (Lipinski definition) is 3. The van der Waals surface area contributed by atoms with Crippen LogP contribution in [-0.4, -0.2) is 10.9 Å². The number of halogens is 1. The molecular weight excluding hydrogens is 216 g/mol. The van der Waals surface area contributed by atoms with Crippen LogP contribution in [0, 0.1) is 0 Å².